The van der Waals surface area contributed by atoms with E-state index in [1.807, 2.05) is 34.9 Å². The average Bonchev–Trinajstić information content (AvgIpc) is 3.00. The van der Waals surface area contributed by atoms with Gasteiger partial charge in [-0.2, -0.15) is 0 Å². The highest BCUT2D eigenvalue weighted by atomic mass is 35.5. The monoisotopic (exact) mass is 439 g/mol. The highest BCUT2D eigenvalue weighted by molar-refractivity contribution is 7.73. The van der Waals surface area contributed by atoms with Crippen molar-refractivity contribution >= 4 is 47.0 Å². The van der Waals surface area contributed by atoms with Gasteiger partial charge in [0.1, 0.15) is 6.04 Å². The highest BCUT2D eigenvalue weighted by Crippen LogP contribution is 2.29. The van der Waals surface area contributed by atoms with Crippen LogP contribution in [0.25, 0.3) is 0 Å². The SMILES string of the molecule is COC(=O)C(c1ccccc1Cl)N1CCN(C(=O)Cc2sc(=S)[nH]c2C)CC1. The Balaban J connectivity index is 1.68. The molecule has 0 aliphatic carbocycles. The van der Waals surface area contributed by atoms with Crippen molar-refractivity contribution < 1.29 is 14.3 Å². The van der Waals surface area contributed by atoms with E-state index in [-0.39, 0.29) is 11.9 Å². The topological polar surface area (TPSA) is 65.6 Å². The number of amides is 1. The molecule has 0 radical (unpaired) electrons. The summed E-state index contributed by atoms with van der Waals surface area (Å²) in [6.45, 7) is 4.16. The Hall–Kier alpha value is -1.74. The minimum Gasteiger partial charge on any atom is -0.468 e. The van der Waals surface area contributed by atoms with Gasteiger partial charge in [-0.3, -0.25) is 9.69 Å². The molecule has 2 aromatic rings. The minimum atomic E-state index is -0.576. The van der Waals surface area contributed by atoms with Crippen molar-refractivity contribution in [1.29, 1.82) is 0 Å². The number of benzene rings is 1. The van der Waals surface area contributed by atoms with Crippen LogP contribution in [0.5, 0.6) is 0 Å². The molecule has 1 saturated heterocycles. The third-order valence-electron chi connectivity index (χ3n) is 4.89. The number of ether oxygens (including phenoxy) is 1. The maximum Gasteiger partial charge on any atom is 0.327 e. The number of H-pyrrole nitrogens is 1. The summed E-state index contributed by atoms with van der Waals surface area (Å²) in [4.78, 5) is 33.0. The minimum absolute atomic E-state index is 0.0698. The normalized spacial score (nSPS) is 16.0. The van der Waals surface area contributed by atoms with Crippen LogP contribution in [0.4, 0.5) is 0 Å². The second kappa shape index (κ2) is 9.17. The number of methoxy groups -OCH3 is 1. The van der Waals surface area contributed by atoms with Crippen molar-refractivity contribution in [1.82, 2.24) is 14.8 Å². The fourth-order valence-electron chi connectivity index (χ4n) is 3.37. The molecule has 1 amide bonds. The van der Waals surface area contributed by atoms with Gasteiger partial charge >= 0.3 is 5.97 Å². The average molecular weight is 440 g/mol. The number of nitrogens with zero attached hydrogens (tertiary/aromatic N) is 2. The Morgan fingerprint density at radius 2 is 1.96 bits per heavy atom. The maximum atomic E-state index is 12.7. The van der Waals surface area contributed by atoms with E-state index in [0.29, 0.717) is 41.6 Å². The number of halogens is 1. The molecule has 3 rings (SSSR count). The van der Waals surface area contributed by atoms with Crippen LogP contribution < -0.4 is 0 Å². The van der Waals surface area contributed by atoms with Gasteiger partial charge < -0.3 is 14.6 Å². The molecule has 0 spiro atoms. The first kappa shape index (κ1) is 21.0. The molecule has 1 aromatic carbocycles. The Kier molecular flexibility index (Phi) is 6.87. The summed E-state index contributed by atoms with van der Waals surface area (Å²) in [5, 5.41) is 0.528. The van der Waals surface area contributed by atoms with Crippen molar-refractivity contribution in [3.63, 3.8) is 0 Å². The van der Waals surface area contributed by atoms with E-state index in [2.05, 4.69) is 4.98 Å². The molecule has 1 N–H and O–H groups in total. The second-order valence-corrected chi connectivity index (χ2v) is 8.78. The summed E-state index contributed by atoms with van der Waals surface area (Å²) >= 11 is 12.9. The summed E-state index contributed by atoms with van der Waals surface area (Å²) < 4.78 is 5.70. The molecule has 1 aromatic heterocycles. The number of aromatic nitrogens is 1. The first-order valence-corrected chi connectivity index (χ1v) is 10.5. The molecule has 6 nitrogen and oxygen atoms in total. The van der Waals surface area contributed by atoms with Crippen molar-refractivity contribution in [3.05, 3.63) is 49.4 Å². The van der Waals surface area contributed by atoms with E-state index in [4.69, 9.17) is 28.6 Å². The molecule has 9 heteroatoms. The Labute approximate surface area is 178 Å². The first-order valence-electron chi connectivity index (χ1n) is 8.93. The molecule has 150 valence electrons. The third kappa shape index (κ3) is 4.63. The predicted molar refractivity (Wildman–Crippen MR) is 112 cm³/mol. The molecule has 1 aliphatic heterocycles. The van der Waals surface area contributed by atoms with Gasteiger partial charge in [0.05, 0.1) is 13.5 Å². The van der Waals surface area contributed by atoms with Crippen LogP contribution in [0.3, 0.4) is 0 Å². The van der Waals surface area contributed by atoms with Gasteiger partial charge in [-0.05, 0) is 30.8 Å². The lowest BCUT2D eigenvalue weighted by atomic mass is 10.0. The zero-order chi connectivity index (χ0) is 20.3. The lowest BCUT2D eigenvalue weighted by Crippen LogP contribution is -2.51. The van der Waals surface area contributed by atoms with Gasteiger partial charge in [0.15, 0.2) is 3.95 Å². The van der Waals surface area contributed by atoms with Crippen LogP contribution in [0.15, 0.2) is 24.3 Å². The van der Waals surface area contributed by atoms with Crippen LogP contribution in [-0.4, -0.2) is 59.9 Å². The van der Waals surface area contributed by atoms with Crippen LogP contribution in [-0.2, 0) is 20.7 Å². The first-order chi connectivity index (χ1) is 13.4. The fraction of sp³-hybridized carbons (Fsp3) is 0.421. The summed E-state index contributed by atoms with van der Waals surface area (Å²) in [5.74, 6) is -0.282. The molecular formula is C19H22ClN3O3S2. The number of esters is 1. The van der Waals surface area contributed by atoms with Crippen molar-refractivity contribution in [2.24, 2.45) is 0 Å². The second-order valence-electron chi connectivity index (χ2n) is 6.60. The van der Waals surface area contributed by atoms with Gasteiger partial charge in [-0.15, -0.1) is 11.3 Å². The summed E-state index contributed by atoms with van der Waals surface area (Å²) in [6.07, 6.45) is 0.342. The Morgan fingerprint density at radius 3 is 2.54 bits per heavy atom. The van der Waals surface area contributed by atoms with Crippen molar-refractivity contribution in [2.45, 2.75) is 19.4 Å². The van der Waals surface area contributed by atoms with Gasteiger partial charge in [0, 0.05) is 41.8 Å². The molecule has 1 aliphatic rings. The van der Waals surface area contributed by atoms with Crippen molar-refractivity contribution in [2.75, 3.05) is 33.3 Å². The summed E-state index contributed by atoms with van der Waals surface area (Å²) in [7, 11) is 1.37. The molecule has 0 bridgehead atoms. The van der Waals surface area contributed by atoms with Gasteiger partial charge in [-0.1, -0.05) is 29.8 Å². The van der Waals surface area contributed by atoms with Crippen LogP contribution in [0.2, 0.25) is 5.02 Å². The van der Waals surface area contributed by atoms with Gasteiger partial charge in [-0.25, -0.2) is 4.79 Å². The van der Waals surface area contributed by atoms with Crippen molar-refractivity contribution in [3.8, 4) is 0 Å². The van der Waals surface area contributed by atoms with Gasteiger partial charge in [0.25, 0.3) is 0 Å². The molecule has 1 atom stereocenters. The van der Waals surface area contributed by atoms with Crippen LogP contribution >= 0.6 is 35.2 Å². The number of aryl methyl sites for hydroxylation is 1. The van der Waals surface area contributed by atoms with E-state index < -0.39 is 6.04 Å². The highest BCUT2D eigenvalue weighted by Gasteiger charge is 2.33. The van der Waals surface area contributed by atoms with E-state index in [1.54, 1.807) is 6.07 Å². The predicted octanol–water partition coefficient (Wildman–Crippen LogP) is 3.37. The van der Waals surface area contributed by atoms with E-state index in [0.717, 1.165) is 16.1 Å². The Morgan fingerprint density at radius 1 is 1.29 bits per heavy atom. The van der Waals surface area contributed by atoms with Crippen LogP contribution in [0, 0.1) is 10.9 Å². The fourth-order valence-corrected chi connectivity index (χ4v) is 4.89. The largest absolute Gasteiger partial charge is 0.468 e. The lowest BCUT2D eigenvalue weighted by Gasteiger charge is -2.38. The molecule has 2 heterocycles. The summed E-state index contributed by atoms with van der Waals surface area (Å²) in [5.41, 5.74) is 1.67. The number of thiazole rings is 1. The molecule has 1 fully saturated rings. The van der Waals surface area contributed by atoms with E-state index in [9.17, 15) is 9.59 Å². The summed E-state index contributed by atoms with van der Waals surface area (Å²) in [6, 6.07) is 6.71. The van der Waals surface area contributed by atoms with Crippen LogP contribution in [0.1, 0.15) is 22.2 Å². The number of piperazine rings is 1. The number of aromatic amines is 1. The number of nitrogens with one attached hydrogen (secondary N) is 1. The number of hydrogen-bond acceptors (Lipinski definition) is 6. The number of carbonyl (C=O) groups is 2. The standard InChI is InChI=1S/C19H22ClN3O3S2/c1-12-15(28-19(27)21-12)11-16(24)22-7-9-23(10-8-22)17(18(25)26-2)13-5-3-4-6-14(13)20/h3-6,17H,7-11H2,1-2H3,(H,21,27). The third-order valence-corrected chi connectivity index (χ3v) is 6.57. The number of rotatable bonds is 5. The molecule has 1 unspecified atom stereocenters. The Bertz CT molecular complexity index is 919. The number of hydrogen-bond donors (Lipinski definition) is 1. The zero-order valence-corrected chi connectivity index (χ0v) is 18.1. The zero-order valence-electron chi connectivity index (χ0n) is 15.7. The number of carbonyl (C=O) groups excluding carboxylic acids is 2. The molecule has 0 saturated carbocycles. The maximum absolute atomic E-state index is 12.7. The smallest absolute Gasteiger partial charge is 0.327 e. The molecular weight excluding hydrogens is 418 g/mol. The molecule has 28 heavy (non-hydrogen) atoms. The lowest BCUT2D eigenvalue weighted by molar-refractivity contribution is -0.148. The quantitative estimate of drug-likeness (QED) is 0.571. The van der Waals surface area contributed by atoms with E-state index in [1.165, 1.54) is 18.4 Å². The van der Waals surface area contributed by atoms with E-state index >= 15 is 0 Å². The van der Waals surface area contributed by atoms with Gasteiger partial charge in [0.2, 0.25) is 5.91 Å².